The molecule has 1 aliphatic rings. The summed E-state index contributed by atoms with van der Waals surface area (Å²) in [6.07, 6.45) is -1.68. The predicted octanol–water partition coefficient (Wildman–Crippen LogP) is 0.750. The lowest BCUT2D eigenvalue weighted by Gasteiger charge is -2.35. The third kappa shape index (κ3) is 3.26. The molecule has 10 heteroatoms. The van der Waals surface area contributed by atoms with Crippen molar-refractivity contribution in [1.82, 2.24) is 9.88 Å². The average Bonchev–Trinajstić information content (AvgIpc) is 2.59. The minimum atomic E-state index is -1.19. The molecule has 0 saturated carbocycles. The van der Waals surface area contributed by atoms with Gasteiger partial charge in [0.1, 0.15) is 0 Å². The lowest BCUT2D eigenvalue weighted by atomic mass is 10.1. The number of amides is 1. The first-order valence-electron chi connectivity index (χ1n) is 7.75. The summed E-state index contributed by atoms with van der Waals surface area (Å²) in [5, 5.41) is 20.4. The van der Waals surface area contributed by atoms with Crippen molar-refractivity contribution >= 4 is 28.5 Å². The summed E-state index contributed by atoms with van der Waals surface area (Å²) in [4.78, 5) is 50.2. The van der Waals surface area contributed by atoms with Crippen LogP contribution in [-0.4, -0.2) is 57.1 Å². The fourth-order valence-corrected chi connectivity index (χ4v) is 2.96. The van der Waals surface area contributed by atoms with E-state index in [9.17, 15) is 24.5 Å². The molecule has 2 N–H and O–H groups in total. The van der Waals surface area contributed by atoms with Crippen LogP contribution < -0.4 is 5.56 Å². The van der Waals surface area contributed by atoms with Gasteiger partial charge in [0.25, 0.3) is 11.6 Å². The Hall–Kier alpha value is -3.27. The summed E-state index contributed by atoms with van der Waals surface area (Å²) >= 11 is 0. The van der Waals surface area contributed by atoms with Gasteiger partial charge in [0.15, 0.2) is 6.10 Å². The van der Waals surface area contributed by atoms with E-state index in [2.05, 4.69) is 4.98 Å². The second-order valence-corrected chi connectivity index (χ2v) is 6.02. The van der Waals surface area contributed by atoms with Crippen LogP contribution in [0.15, 0.2) is 29.1 Å². The van der Waals surface area contributed by atoms with Gasteiger partial charge in [-0.2, -0.15) is 0 Å². The molecule has 10 nitrogen and oxygen atoms in total. The standard InChI is InChI=1S/C16H15N3O7/c1-8-6-18(7-13(26-8)16(22)23)15(21)11-5-14(20)17-12-3-2-9(19(24)25)4-10(11)12/h2-5,8,13H,6-7H2,1H3,(H,17,20)(H,22,23)/t8-,13?/m1/s1. The highest BCUT2D eigenvalue weighted by Crippen LogP contribution is 2.24. The van der Waals surface area contributed by atoms with Crippen LogP contribution in [0.3, 0.4) is 0 Å². The first-order valence-corrected chi connectivity index (χ1v) is 7.75. The Bertz CT molecular complexity index is 968. The molecule has 1 amide bonds. The maximum Gasteiger partial charge on any atom is 0.334 e. The van der Waals surface area contributed by atoms with E-state index in [1.807, 2.05) is 0 Å². The summed E-state index contributed by atoms with van der Waals surface area (Å²) in [5.41, 5.74) is -0.503. The molecule has 1 aromatic carbocycles. The fourth-order valence-electron chi connectivity index (χ4n) is 2.96. The van der Waals surface area contributed by atoms with Gasteiger partial charge in [-0.05, 0) is 13.0 Å². The van der Waals surface area contributed by atoms with Gasteiger partial charge in [-0.3, -0.25) is 19.7 Å². The highest BCUT2D eigenvalue weighted by molar-refractivity contribution is 6.06. The molecule has 1 aliphatic heterocycles. The number of carboxylic acids is 1. The van der Waals surface area contributed by atoms with Crippen molar-refractivity contribution < 1.29 is 24.4 Å². The van der Waals surface area contributed by atoms with Crippen molar-refractivity contribution in [3.05, 3.63) is 50.3 Å². The molecule has 3 rings (SSSR count). The molecule has 0 bridgehead atoms. The smallest absolute Gasteiger partial charge is 0.334 e. The highest BCUT2D eigenvalue weighted by atomic mass is 16.6. The number of fused-ring (bicyclic) bond motifs is 1. The van der Waals surface area contributed by atoms with Gasteiger partial charge in [0.05, 0.1) is 23.1 Å². The summed E-state index contributed by atoms with van der Waals surface area (Å²) in [7, 11) is 0. The quantitative estimate of drug-likeness (QED) is 0.606. The second kappa shape index (κ2) is 6.56. The minimum Gasteiger partial charge on any atom is -0.479 e. The molecule has 0 aliphatic carbocycles. The van der Waals surface area contributed by atoms with Gasteiger partial charge in [-0.15, -0.1) is 0 Å². The Morgan fingerprint density at radius 3 is 2.73 bits per heavy atom. The van der Waals surface area contributed by atoms with Gasteiger partial charge >= 0.3 is 5.97 Å². The predicted molar refractivity (Wildman–Crippen MR) is 89.1 cm³/mol. The van der Waals surface area contributed by atoms with Crippen LogP contribution in [0, 0.1) is 10.1 Å². The van der Waals surface area contributed by atoms with Gasteiger partial charge in [0, 0.05) is 35.6 Å². The van der Waals surface area contributed by atoms with E-state index < -0.39 is 34.6 Å². The van der Waals surface area contributed by atoms with E-state index in [0.717, 1.165) is 6.07 Å². The Balaban J connectivity index is 2.07. The molecule has 1 saturated heterocycles. The van der Waals surface area contributed by atoms with Gasteiger partial charge in [-0.1, -0.05) is 0 Å². The van der Waals surface area contributed by atoms with Crippen molar-refractivity contribution in [2.45, 2.75) is 19.1 Å². The largest absolute Gasteiger partial charge is 0.479 e. The van der Waals surface area contributed by atoms with Crippen molar-refractivity contribution in [3.63, 3.8) is 0 Å². The average molecular weight is 361 g/mol. The zero-order chi connectivity index (χ0) is 19.0. The maximum atomic E-state index is 12.9. The third-order valence-electron chi connectivity index (χ3n) is 4.09. The number of carbonyl (C=O) groups excluding carboxylic acids is 1. The molecule has 0 radical (unpaired) electrons. The summed E-state index contributed by atoms with van der Waals surface area (Å²) < 4.78 is 5.28. The Kier molecular flexibility index (Phi) is 4.43. The molecular weight excluding hydrogens is 346 g/mol. The monoisotopic (exact) mass is 361 g/mol. The van der Waals surface area contributed by atoms with Crippen LogP contribution >= 0.6 is 0 Å². The number of benzene rings is 1. The number of carbonyl (C=O) groups is 2. The number of aromatic nitrogens is 1. The molecule has 26 heavy (non-hydrogen) atoms. The van der Waals surface area contributed by atoms with Crippen LogP contribution in [-0.2, 0) is 9.53 Å². The number of pyridine rings is 1. The molecule has 2 atom stereocenters. The molecule has 2 aromatic rings. The molecular formula is C16H15N3O7. The van der Waals surface area contributed by atoms with Crippen LogP contribution in [0.5, 0.6) is 0 Å². The molecule has 1 fully saturated rings. The molecule has 1 aromatic heterocycles. The Labute approximate surface area is 146 Å². The molecule has 1 unspecified atom stereocenters. The Morgan fingerprint density at radius 1 is 1.35 bits per heavy atom. The van der Waals surface area contributed by atoms with Crippen LogP contribution in [0.1, 0.15) is 17.3 Å². The van der Waals surface area contributed by atoms with Crippen molar-refractivity contribution in [3.8, 4) is 0 Å². The number of carboxylic acid groups (broad SMARTS) is 1. The zero-order valence-corrected chi connectivity index (χ0v) is 13.7. The topological polar surface area (TPSA) is 143 Å². The van der Waals surface area contributed by atoms with E-state index in [0.29, 0.717) is 0 Å². The van der Waals surface area contributed by atoms with Gasteiger partial charge < -0.3 is 19.7 Å². The van der Waals surface area contributed by atoms with Crippen LogP contribution in [0.2, 0.25) is 0 Å². The number of hydrogen-bond donors (Lipinski definition) is 2. The molecule has 2 heterocycles. The first-order chi connectivity index (χ1) is 12.3. The number of nitro benzene ring substituents is 1. The summed E-state index contributed by atoms with van der Waals surface area (Å²) in [6, 6.07) is 4.85. The summed E-state index contributed by atoms with van der Waals surface area (Å²) in [6.45, 7) is 1.60. The van der Waals surface area contributed by atoms with E-state index >= 15 is 0 Å². The molecule has 136 valence electrons. The maximum absolute atomic E-state index is 12.9. The van der Waals surface area contributed by atoms with Crippen LogP contribution in [0.25, 0.3) is 10.9 Å². The lowest BCUT2D eigenvalue weighted by molar-refractivity contribution is -0.384. The number of non-ortho nitro benzene ring substituents is 1. The normalized spacial score (nSPS) is 20.1. The summed E-state index contributed by atoms with van der Waals surface area (Å²) in [5.74, 6) is -1.77. The zero-order valence-electron chi connectivity index (χ0n) is 13.7. The van der Waals surface area contributed by atoms with Gasteiger partial charge in [-0.25, -0.2) is 4.79 Å². The molecule has 0 spiro atoms. The van der Waals surface area contributed by atoms with E-state index in [1.54, 1.807) is 6.92 Å². The number of aromatic amines is 1. The lowest BCUT2D eigenvalue weighted by Crippen LogP contribution is -2.51. The SMILES string of the molecule is C[C@@H]1CN(C(=O)c2cc(=O)[nH]c3ccc([N+](=O)[O-])cc23)CC(C(=O)O)O1. The number of rotatable bonds is 3. The number of nitro groups is 1. The van der Waals surface area contributed by atoms with Gasteiger partial charge in [0.2, 0.25) is 5.56 Å². The minimum absolute atomic E-state index is 0.0225. The van der Waals surface area contributed by atoms with Crippen molar-refractivity contribution in [2.24, 2.45) is 0 Å². The number of ether oxygens (including phenoxy) is 1. The number of H-pyrrole nitrogens is 1. The number of morpholine rings is 1. The number of nitrogens with one attached hydrogen (secondary N) is 1. The third-order valence-corrected chi connectivity index (χ3v) is 4.09. The van der Waals surface area contributed by atoms with E-state index in [4.69, 9.17) is 9.84 Å². The number of aliphatic carboxylic acids is 1. The van der Waals surface area contributed by atoms with E-state index in [-0.39, 0.29) is 35.2 Å². The number of hydrogen-bond acceptors (Lipinski definition) is 6. The van der Waals surface area contributed by atoms with Crippen molar-refractivity contribution in [1.29, 1.82) is 0 Å². The van der Waals surface area contributed by atoms with Crippen LogP contribution in [0.4, 0.5) is 5.69 Å². The first kappa shape index (κ1) is 17.5. The van der Waals surface area contributed by atoms with E-state index in [1.165, 1.54) is 23.1 Å². The fraction of sp³-hybridized carbons (Fsp3) is 0.312. The number of nitrogens with zero attached hydrogens (tertiary/aromatic N) is 2. The highest BCUT2D eigenvalue weighted by Gasteiger charge is 2.33. The second-order valence-electron chi connectivity index (χ2n) is 6.02. The van der Waals surface area contributed by atoms with Crippen molar-refractivity contribution in [2.75, 3.05) is 13.1 Å². The Morgan fingerprint density at radius 2 is 2.08 bits per heavy atom.